The Kier molecular flexibility index (Phi) is 3.68. The summed E-state index contributed by atoms with van der Waals surface area (Å²) in [6.45, 7) is 0. The van der Waals surface area contributed by atoms with Gasteiger partial charge in [0.2, 0.25) is 0 Å². The van der Waals surface area contributed by atoms with E-state index in [1.807, 2.05) is 0 Å². The first kappa shape index (κ1) is 12.3. The molecule has 2 unspecified atom stereocenters. The van der Waals surface area contributed by atoms with E-state index in [1.165, 1.54) is 6.07 Å². The molecule has 1 rings (SSSR count). The van der Waals surface area contributed by atoms with E-state index in [2.05, 4.69) is 0 Å². The number of hydrogen-bond acceptors (Lipinski definition) is 7. The van der Waals surface area contributed by atoms with Crippen molar-refractivity contribution in [1.82, 2.24) is 0 Å². The lowest BCUT2D eigenvalue weighted by atomic mass is 10.1. The van der Waals surface area contributed by atoms with Gasteiger partial charge in [-0.3, -0.25) is 14.9 Å². The van der Waals surface area contributed by atoms with Crippen molar-refractivity contribution in [3.05, 3.63) is 26.6 Å². The Bertz CT molecular complexity index is 463. The van der Waals surface area contributed by atoms with Crippen LogP contribution in [0.4, 0.5) is 5.00 Å². The third kappa shape index (κ3) is 2.22. The lowest BCUT2D eigenvalue weighted by molar-refractivity contribution is -0.381. The molecule has 0 fully saturated rings. The van der Waals surface area contributed by atoms with E-state index in [-0.39, 0.29) is 10.4 Å². The molecular weight excluding hydrogens is 236 g/mol. The summed E-state index contributed by atoms with van der Waals surface area (Å²) in [6, 6.07) is 2.44. The highest BCUT2D eigenvalue weighted by molar-refractivity contribution is 7.17. The van der Waals surface area contributed by atoms with Crippen molar-refractivity contribution in [3.8, 4) is 6.07 Å². The van der Waals surface area contributed by atoms with Crippen molar-refractivity contribution in [2.75, 3.05) is 0 Å². The van der Waals surface area contributed by atoms with Crippen LogP contribution in [-0.2, 0) is 0 Å². The normalized spacial score (nSPS) is 13.8. The second-order valence-electron chi connectivity index (χ2n) is 2.80. The van der Waals surface area contributed by atoms with Crippen LogP contribution in [-0.4, -0.2) is 27.5 Å². The standard InChI is InChI=1S/C8H6N2O5S/c9-2-6(12)7(13)5-1-4(3-11)16-8(5)10(14)15/h1,3,6-7,12-13H. The summed E-state index contributed by atoms with van der Waals surface area (Å²) in [7, 11) is 0. The zero-order valence-electron chi connectivity index (χ0n) is 7.73. The molecule has 0 aromatic carbocycles. The number of hydrogen-bond donors (Lipinski definition) is 2. The summed E-state index contributed by atoms with van der Waals surface area (Å²) in [5.74, 6) is 0. The number of thiophene rings is 1. The molecule has 16 heavy (non-hydrogen) atoms. The van der Waals surface area contributed by atoms with E-state index in [9.17, 15) is 20.0 Å². The SMILES string of the molecule is N#CC(O)C(O)c1cc(C=O)sc1[N+](=O)[O-]. The van der Waals surface area contributed by atoms with Gasteiger partial charge in [0.15, 0.2) is 12.4 Å². The summed E-state index contributed by atoms with van der Waals surface area (Å²) in [6.07, 6.45) is -3.07. The Morgan fingerprint density at radius 2 is 2.25 bits per heavy atom. The fourth-order valence-corrected chi connectivity index (χ4v) is 1.90. The van der Waals surface area contributed by atoms with E-state index < -0.39 is 22.1 Å². The van der Waals surface area contributed by atoms with E-state index in [0.717, 1.165) is 6.07 Å². The fraction of sp³-hybridized carbons (Fsp3) is 0.250. The van der Waals surface area contributed by atoms with Gasteiger partial charge in [0, 0.05) is 0 Å². The maximum absolute atomic E-state index is 10.6. The maximum atomic E-state index is 10.6. The average molecular weight is 242 g/mol. The molecule has 0 saturated carbocycles. The molecule has 1 aromatic heterocycles. The molecule has 1 heterocycles. The minimum Gasteiger partial charge on any atom is -0.384 e. The summed E-state index contributed by atoms with van der Waals surface area (Å²) in [4.78, 5) is 20.3. The molecule has 0 spiro atoms. The van der Waals surface area contributed by atoms with Crippen LogP contribution in [0, 0.1) is 21.4 Å². The summed E-state index contributed by atoms with van der Waals surface area (Å²) in [5, 5.41) is 37.0. The van der Waals surface area contributed by atoms with Gasteiger partial charge >= 0.3 is 5.00 Å². The van der Waals surface area contributed by atoms with E-state index in [1.54, 1.807) is 0 Å². The van der Waals surface area contributed by atoms with Gasteiger partial charge < -0.3 is 10.2 Å². The third-order valence-electron chi connectivity index (χ3n) is 1.79. The molecule has 1 aromatic rings. The number of aliphatic hydroxyl groups excluding tert-OH is 2. The maximum Gasteiger partial charge on any atom is 0.330 e. The molecule has 0 radical (unpaired) electrons. The number of aliphatic hydroxyl groups is 2. The average Bonchev–Trinajstić information content (AvgIpc) is 2.71. The largest absolute Gasteiger partial charge is 0.384 e. The predicted molar refractivity (Wildman–Crippen MR) is 52.9 cm³/mol. The van der Waals surface area contributed by atoms with Gasteiger partial charge in [0.25, 0.3) is 0 Å². The van der Waals surface area contributed by atoms with Crippen LogP contribution in [0.3, 0.4) is 0 Å². The number of aldehydes is 1. The van der Waals surface area contributed by atoms with Gasteiger partial charge in [0.1, 0.15) is 6.10 Å². The van der Waals surface area contributed by atoms with Gasteiger partial charge in [-0.15, -0.1) is 0 Å². The second kappa shape index (κ2) is 4.80. The number of carbonyl (C=O) groups is 1. The highest BCUT2D eigenvalue weighted by atomic mass is 32.1. The first-order chi connectivity index (χ1) is 7.51. The Morgan fingerprint density at radius 1 is 1.62 bits per heavy atom. The number of nitro groups is 1. The number of carbonyl (C=O) groups excluding carboxylic acids is 1. The van der Waals surface area contributed by atoms with Gasteiger partial charge in [-0.25, -0.2) is 0 Å². The van der Waals surface area contributed by atoms with Crippen LogP contribution in [0.5, 0.6) is 0 Å². The van der Waals surface area contributed by atoms with Gasteiger partial charge in [-0.2, -0.15) is 5.26 Å². The van der Waals surface area contributed by atoms with Crippen molar-refractivity contribution < 1.29 is 19.9 Å². The Morgan fingerprint density at radius 3 is 2.69 bits per heavy atom. The first-order valence-electron chi connectivity index (χ1n) is 4.00. The molecule has 0 amide bonds. The van der Waals surface area contributed by atoms with Crippen molar-refractivity contribution in [1.29, 1.82) is 5.26 Å². The molecule has 0 aliphatic carbocycles. The van der Waals surface area contributed by atoms with Gasteiger partial charge in [0.05, 0.1) is 21.4 Å². The van der Waals surface area contributed by atoms with Gasteiger partial charge in [-0.1, -0.05) is 11.3 Å². The summed E-state index contributed by atoms with van der Waals surface area (Å²) in [5.41, 5.74) is -0.230. The van der Waals surface area contributed by atoms with Crippen LogP contribution >= 0.6 is 11.3 Å². The quantitative estimate of drug-likeness (QED) is 0.340. The van der Waals surface area contributed by atoms with Crippen molar-refractivity contribution in [2.45, 2.75) is 12.2 Å². The lowest BCUT2D eigenvalue weighted by Crippen LogP contribution is -2.16. The zero-order valence-corrected chi connectivity index (χ0v) is 8.55. The predicted octanol–water partition coefficient (Wildman–Crippen LogP) is 0.387. The van der Waals surface area contributed by atoms with E-state index >= 15 is 0 Å². The van der Waals surface area contributed by atoms with Gasteiger partial charge in [-0.05, 0) is 6.07 Å². The minimum absolute atomic E-state index is 0.0471. The zero-order chi connectivity index (χ0) is 12.3. The van der Waals surface area contributed by atoms with Crippen LogP contribution in [0.15, 0.2) is 6.07 Å². The minimum atomic E-state index is -1.77. The fourth-order valence-electron chi connectivity index (χ4n) is 1.07. The number of nitriles is 1. The van der Waals surface area contributed by atoms with E-state index in [4.69, 9.17) is 10.4 Å². The number of rotatable bonds is 4. The van der Waals surface area contributed by atoms with Crippen LogP contribution < -0.4 is 0 Å². The monoisotopic (exact) mass is 242 g/mol. The molecule has 2 N–H and O–H groups in total. The van der Waals surface area contributed by atoms with Crippen molar-refractivity contribution >= 4 is 22.6 Å². The molecule has 8 heteroatoms. The topological polar surface area (TPSA) is 124 Å². The first-order valence-corrected chi connectivity index (χ1v) is 4.82. The van der Waals surface area contributed by atoms with E-state index in [0.29, 0.717) is 17.6 Å². The molecule has 2 atom stereocenters. The second-order valence-corrected chi connectivity index (χ2v) is 3.87. The lowest BCUT2D eigenvalue weighted by Gasteiger charge is -2.08. The molecule has 7 nitrogen and oxygen atoms in total. The summed E-state index contributed by atoms with van der Waals surface area (Å²) >= 11 is 0.576. The molecule has 84 valence electrons. The van der Waals surface area contributed by atoms with Crippen LogP contribution in [0.2, 0.25) is 0 Å². The van der Waals surface area contributed by atoms with Crippen LogP contribution in [0.1, 0.15) is 21.3 Å². The highest BCUT2D eigenvalue weighted by Gasteiger charge is 2.29. The highest BCUT2D eigenvalue weighted by Crippen LogP contribution is 2.34. The molecule has 0 aliphatic rings. The van der Waals surface area contributed by atoms with Crippen LogP contribution in [0.25, 0.3) is 0 Å². The molecule has 0 bridgehead atoms. The third-order valence-corrected chi connectivity index (χ3v) is 2.82. The summed E-state index contributed by atoms with van der Waals surface area (Å²) < 4.78 is 0. The Hall–Kier alpha value is -1.82. The molecule has 0 aliphatic heterocycles. The Balaban J connectivity index is 3.21. The number of nitrogens with zero attached hydrogens (tertiary/aromatic N) is 2. The molecule has 0 saturated heterocycles. The Labute approximate surface area is 93.3 Å². The molecular formula is C8H6N2O5S. The van der Waals surface area contributed by atoms with Crippen molar-refractivity contribution in [2.24, 2.45) is 0 Å². The smallest absolute Gasteiger partial charge is 0.330 e. The van der Waals surface area contributed by atoms with Crippen molar-refractivity contribution in [3.63, 3.8) is 0 Å².